The molecule has 5 nitrogen and oxygen atoms in total. The summed E-state index contributed by atoms with van der Waals surface area (Å²) in [6.07, 6.45) is 2.49. The summed E-state index contributed by atoms with van der Waals surface area (Å²) in [4.78, 5) is 20.2. The van der Waals surface area contributed by atoms with Gasteiger partial charge in [0.25, 0.3) is 0 Å². The predicted molar refractivity (Wildman–Crippen MR) is 114 cm³/mol. The van der Waals surface area contributed by atoms with Crippen LogP contribution in [0.3, 0.4) is 0 Å². The molecule has 6 heteroatoms. The maximum Gasteiger partial charge on any atom is 0.340 e. The molecule has 0 spiro atoms. The highest BCUT2D eigenvalue weighted by Crippen LogP contribution is 2.23. The number of fused-ring (bicyclic) bond motifs is 1. The normalized spacial score (nSPS) is 17.5. The van der Waals surface area contributed by atoms with E-state index >= 15 is 0 Å². The Balaban J connectivity index is 1.70. The number of carbonyl (C=O) groups excluding carboxylic acids is 1. The molecule has 0 aliphatic carbocycles. The van der Waals surface area contributed by atoms with Crippen LogP contribution in [0.1, 0.15) is 39.3 Å². The summed E-state index contributed by atoms with van der Waals surface area (Å²) >= 11 is 1.77. The van der Waals surface area contributed by atoms with Gasteiger partial charge in [-0.1, -0.05) is 24.3 Å². The number of carbonyl (C=O) groups is 1. The van der Waals surface area contributed by atoms with Crippen molar-refractivity contribution in [1.82, 2.24) is 4.98 Å². The fourth-order valence-corrected chi connectivity index (χ4v) is 4.95. The molecule has 0 amide bonds. The summed E-state index contributed by atoms with van der Waals surface area (Å²) in [5, 5.41) is 3.10. The fourth-order valence-electron chi connectivity index (χ4n) is 4.17. The van der Waals surface area contributed by atoms with Crippen LogP contribution >= 0.6 is 11.3 Å². The molecule has 1 N–H and O–H groups in total. The van der Waals surface area contributed by atoms with Crippen molar-refractivity contribution in [1.29, 1.82) is 0 Å². The van der Waals surface area contributed by atoms with E-state index in [4.69, 9.17) is 14.5 Å². The van der Waals surface area contributed by atoms with Crippen molar-refractivity contribution in [3.63, 3.8) is 0 Å². The third kappa shape index (κ3) is 4.50. The quantitative estimate of drug-likeness (QED) is 0.607. The zero-order chi connectivity index (χ0) is 20.2. The van der Waals surface area contributed by atoms with Crippen LogP contribution in [0.25, 0.3) is 10.9 Å². The van der Waals surface area contributed by atoms with E-state index in [0.29, 0.717) is 12.1 Å². The standard InChI is InChI=1S/C23H26N2O3S/c1-16-19-9-3-4-10-20(19)24-21(22(16)23(26)27-2)15-25(13-17-7-5-11-28-17)14-18-8-6-12-29-18/h3-4,6,8-10,12,17H,5,7,11,13-15H2,1-2H3/p+1/t17-/m0/s1. The van der Waals surface area contributed by atoms with E-state index in [1.54, 1.807) is 11.3 Å². The van der Waals surface area contributed by atoms with Gasteiger partial charge in [0.1, 0.15) is 31.4 Å². The van der Waals surface area contributed by atoms with Crippen LogP contribution in [0.15, 0.2) is 41.8 Å². The van der Waals surface area contributed by atoms with E-state index in [-0.39, 0.29) is 12.1 Å². The van der Waals surface area contributed by atoms with Gasteiger partial charge in [0.05, 0.1) is 23.1 Å². The molecule has 3 heterocycles. The number of ether oxygens (including phenoxy) is 2. The van der Waals surface area contributed by atoms with E-state index in [2.05, 4.69) is 17.5 Å². The Labute approximate surface area is 175 Å². The van der Waals surface area contributed by atoms with Crippen molar-refractivity contribution in [2.24, 2.45) is 0 Å². The minimum absolute atomic E-state index is 0.271. The summed E-state index contributed by atoms with van der Waals surface area (Å²) in [5.74, 6) is -0.316. The molecule has 0 bridgehead atoms. The molecule has 2 atom stereocenters. The molecule has 152 valence electrons. The summed E-state index contributed by atoms with van der Waals surface area (Å²) in [6, 6.07) is 12.2. The number of rotatable bonds is 7. The Kier molecular flexibility index (Phi) is 6.23. The Morgan fingerprint density at radius 3 is 2.86 bits per heavy atom. The zero-order valence-electron chi connectivity index (χ0n) is 16.9. The molecule has 0 saturated carbocycles. The van der Waals surface area contributed by atoms with Gasteiger partial charge in [-0.2, -0.15) is 0 Å². The van der Waals surface area contributed by atoms with Gasteiger partial charge >= 0.3 is 5.97 Å². The number of esters is 1. The predicted octanol–water partition coefficient (Wildman–Crippen LogP) is 3.16. The Bertz CT molecular complexity index is 981. The monoisotopic (exact) mass is 411 g/mol. The second kappa shape index (κ2) is 9.03. The molecular weight excluding hydrogens is 384 g/mol. The minimum Gasteiger partial charge on any atom is -0.465 e. The lowest BCUT2D eigenvalue weighted by atomic mass is 10.0. The number of para-hydroxylation sites is 1. The molecule has 1 fully saturated rings. The maximum absolute atomic E-state index is 12.6. The summed E-state index contributed by atoms with van der Waals surface area (Å²) < 4.78 is 11.0. The second-order valence-corrected chi connectivity index (χ2v) is 8.62. The highest BCUT2D eigenvalue weighted by atomic mass is 32.1. The minimum atomic E-state index is -0.316. The number of thiophene rings is 1. The maximum atomic E-state index is 12.6. The number of hydrogen-bond acceptors (Lipinski definition) is 5. The Morgan fingerprint density at radius 2 is 2.14 bits per heavy atom. The summed E-state index contributed by atoms with van der Waals surface area (Å²) in [7, 11) is 1.43. The van der Waals surface area contributed by atoms with Crippen LogP contribution < -0.4 is 4.90 Å². The highest BCUT2D eigenvalue weighted by Gasteiger charge is 2.26. The Morgan fingerprint density at radius 1 is 1.28 bits per heavy atom. The number of benzene rings is 1. The van der Waals surface area contributed by atoms with E-state index < -0.39 is 0 Å². The largest absolute Gasteiger partial charge is 0.465 e. The third-order valence-corrected chi connectivity index (χ3v) is 6.46. The molecule has 1 aromatic carbocycles. The molecule has 1 unspecified atom stereocenters. The fraction of sp³-hybridized carbons (Fsp3) is 0.391. The van der Waals surface area contributed by atoms with Gasteiger partial charge in [-0.25, -0.2) is 9.78 Å². The molecule has 4 rings (SSSR count). The van der Waals surface area contributed by atoms with Crippen LogP contribution in [0.5, 0.6) is 0 Å². The number of methoxy groups -OCH3 is 1. The van der Waals surface area contributed by atoms with Crippen molar-refractivity contribution < 1.29 is 19.2 Å². The number of aryl methyl sites for hydroxylation is 1. The first kappa shape index (κ1) is 20.0. The van der Waals surface area contributed by atoms with Gasteiger partial charge in [-0.15, -0.1) is 11.3 Å². The van der Waals surface area contributed by atoms with Crippen molar-refractivity contribution in [2.75, 3.05) is 20.3 Å². The van der Waals surface area contributed by atoms with Crippen LogP contribution in [0.4, 0.5) is 0 Å². The molecule has 1 aliphatic rings. The number of nitrogens with zero attached hydrogens (tertiary/aromatic N) is 1. The van der Waals surface area contributed by atoms with E-state index in [1.807, 2.05) is 31.2 Å². The highest BCUT2D eigenvalue weighted by molar-refractivity contribution is 7.09. The summed E-state index contributed by atoms with van der Waals surface area (Å²) in [6.45, 7) is 5.29. The Hall–Kier alpha value is -2.28. The van der Waals surface area contributed by atoms with E-state index in [9.17, 15) is 4.79 Å². The van der Waals surface area contributed by atoms with Gasteiger partial charge in [-0.3, -0.25) is 0 Å². The molecule has 2 aromatic heterocycles. The van der Waals surface area contributed by atoms with Crippen molar-refractivity contribution in [3.05, 3.63) is 63.5 Å². The van der Waals surface area contributed by atoms with Crippen molar-refractivity contribution >= 4 is 28.2 Å². The zero-order valence-corrected chi connectivity index (χ0v) is 17.8. The average Bonchev–Trinajstić information content (AvgIpc) is 3.42. The van der Waals surface area contributed by atoms with Gasteiger partial charge < -0.3 is 14.4 Å². The first-order chi connectivity index (χ1) is 14.2. The molecule has 3 aromatic rings. The molecular formula is C23H27N2O3S+. The molecule has 1 aliphatic heterocycles. The second-order valence-electron chi connectivity index (χ2n) is 7.59. The first-order valence-corrected chi connectivity index (χ1v) is 11.0. The van der Waals surface area contributed by atoms with Crippen LogP contribution in [0, 0.1) is 6.92 Å². The lowest BCUT2D eigenvalue weighted by molar-refractivity contribution is -0.930. The third-order valence-electron chi connectivity index (χ3n) is 5.58. The van der Waals surface area contributed by atoms with Crippen molar-refractivity contribution in [2.45, 2.75) is 39.0 Å². The number of aromatic nitrogens is 1. The van der Waals surface area contributed by atoms with Crippen LogP contribution in [0.2, 0.25) is 0 Å². The van der Waals surface area contributed by atoms with Gasteiger partial charge in [0.15, 0.2) is 0 Å². The molecule has 1 saturated heterocycles. The SMILES string of the molecule is COC(=O)c1c(C[NH+](Cc2cccs2)C[C@@H]2CCCO2)nc2ccccc2c1C. The van der Waals surface area contributed by atoms with E-state index in [0.717, 1.165) is 54.7 Å². The first-order valence-electron chi connectivity index (χ1n) is 10.1. The number of hydrogen-bond donors (Lipinski definition) is 1. The van der Waals surface area contributed by atoms with Crippen LogP contribution in [-0.4, -0.2) is 37.3 Å². The molecule has 0 radical (unpaired) electrons. The number of pyridine rings is 1. The average molecular weight is 412 g/mol. The number of quaternary nitrogens is 1. The topological polar surface area (TPSA) is 52.9 Å². The van der Waals surface area contributed by atoms with Gasteiger partial charge in [-0.05, 0) is 42.8 Å². The number of nitrogens with one attached hydrogen (secondary N) is 1. The summed E-state index contributed by atoms with van der Waals surface area (Å²) in [5.41, 5.74) is 3.25. The van der Waals surface area contributed by atoms with Crippen LogP contribution in [-0.2, 0) is 22.6 Å². The van der Waals surface area contributed by atoms with E-state index in [1.165, 1.54) is 16.9 Å². The smallest absolute Gasteiger partial charge is 0.340 e. The lowest BCUT2D eigenvalue weighted by Gasteiger charge is -2.23. The van der Waals surface area contributed by atoms with Gasteiger partial charge in [0, 0.05) is 12.0 Å². The van der Waals surface area contributed by atoms with Crippen molar-refractivity contribution in [3.8, 4) is 0 Å². The lowest BCUT2D eigenvalue weighted by Crippen LogP contribution is -3.10. The van der Waals surface area contributed by atoms with Gasteiger partial charge in [0.2, 0.25) is 0 Å². The molecule has 29 heavy (non-hydrogen) atoms.